The van der Waals surface area contributed by atoms with E-state index in [2.05, 4.69) is 54.3 Å². The van der Waals surface area contributed by atoms with Crippen LogP contribution in [0.15, 0.2) is 48.9 Å². The predicted molar refractivity (Wildman–Crippen MR) is 126 cm³/mol. The molecular formula is C24H26N4O2S. The molecule has 6 nitrogen and oxygen atoms in total. The van der Waals surface area contributed by atoms with Gasteiger partial charge in [0, 0.05) is 35.8 Å². The van der Waals surface area contributed by atoms with Crippen LogP contribution in [0.2, 0.25) is 0 Å². The van der Waals surface area contributed by atoms with E-state index in [1.54, 1.807) is 24.5 Å². The highest BCUT2D eigenvalue weighted by Crippen LogP contribution is 2.35. The third kappa shape index (κ3) is 4.32. The first-order chi connectivity index (χ1) is 15.0. The van der Waals surface area contributed by atoms with E-state index >= 15 is 0 Å². The number of benzene rings is 1. The van der Waals surface area contributed by atoms with E-state index in [0.717, 1.165) is 44.3 Å². The molecule has 0 saturated heterocycles. The normalized spacial score (nSPS) is 12.1. The zero-order valence-electron chi connectivity index (χ0n) is 18.2. The average Bonchev–Trinajstić information content (AvgIpc) is 3.40. The van der Waals surface area contributed by atoms with Crippen molar-refractivity contribution in [3.8, 4) is 21.6 Å². The first-order valence-electron chi connectivity index (χ1n) is 10.5. The van der Waals surface area contributed by atoms with Crippen LogP contribution in [0.1, 0.15) is 43.2 Å². The van der Waals surface area contributed by atoms with Crippen LogP contribution in [0.25, 0.3) is 27.2 Å². The van der Waals surface area contributed by atoms with Gasteiger partial charge in [-0.15, -0.1) is 0 Å². The van der Waals surface area contributed by atoms with Crippen molar-refractivity contribution in [2.45, 2.75) is 40.2 Å². The van der Waals surface area contributed by atoms with Gasteiger partial charge in [0.1, 0.15) is 5.65 Å². The highest BCUT2D eigenvalue weighted by atomic mass is 32.1. The zero-order chi connectivity index (χ0) is 22.0. The second-order valence-corrected chi connectivity index (χ2v) is 8.55. The molecule has 0 radical (unpaired) electrons. The fourth-order valence-corrected chi connectivity index (χ4v) is 4.31. The number of pyridine rings is 1. The van der Waals surface area contributed by atoms with Crippen LogP contribution < -0.4 is 5.32 Å². The summed E-state index contributed by atoms with van der Waals surface area (Å²) >= 11 is 1.62. The van der Waals surface area contributed by atoms with Crippen LogP contribution in [0.5, 0.6) is 0 Å². The number of carbonyl (C=O) groups is 1. The summed E-state index contributed by atoms with van der Waals surface area (Å²) in [6.45, 7) is 8.48. The first kappa shape index (κ1) is 21.1. The Hall–Kier alpha value is -3.19. The Morgan fingerprint density at radius 2 is 2.03 bits per heavy atom. The lowest BCUT2D eigenvalue weighted by Gasteiger charge is -2.10. The second-order valence-electron chi connectivity index (χ2n) is 7.52. The molecule has 4 aromatic rings. The Morgan fingerprint density at radius 1 is 1.23 bits per heavy atom. The molecule has 0 aliphatic rings. The molecular weight excluding hydrogens is 408 g/mol. The van der Waals surface area contributed by atoms with Crippen molar-refractivity contribution >= 4 is 28.1 Å². The first-order valence-corrected chi connectivity index (χ1v) is 11.3. The van der Waals surface area contributed by atoms with Gasteiger partial charge in [-0.3, -0.25) is 0 Å². The number of carbonyl (C=O) groups excluding carboxylic acids is 1. The van der Waals surface area contributed by atoms with Gasteiger partial charge in [-0.25, -0.2) is 14.8 Å². The third-order valence-corrected chi connectivity index (χ3v) is 6.22. The number of rotatable bonds is 7. The summed E-state index contributed by atoms with van der Waals surface area (Å²) in [5, 5.41) is 4.34. The van der Waals surface area contributed by atoms with E-state index in [1.165, 1.54) is 0 Å². The lowest BCUT2D eigenvalue weighted by molar-refractivity contribution is 0.0520. The van der Waals surface area contributed by atoms with Crippen molar-refractivity contribution < 1.29 is 9.53 Å². The molecule has 31 heavy (non-hydrogen) atoms. The molecule has 0 bridgehead atoms. The number of anilines is 1. The van der Waals surface area contributed by atoms with Crippen molar-refractivity contribution in [2.24, 2.45) is 0 Å². The van der Waals surface area contributed by atoms with E-state index < -0.39 is 5.97 Å². The highest BCUT2D eigenvalue weighted by Gasteiger charge is 2.18. The Morgan fingerprint density at radius 3 is 2.77 bits per heavy atom. The van der Waals surface area contributed by atoms with Crippen LogP contribution in [0.3, 0.4) is 0 Å². The number of aryl methyl sites for hydroxylation is 1. The van der Waals surface area contributed by atoms with E-state index in [4.69, 9.17) is 4.74 Å². The van der Waals surface area contributed by atoms with Crippen LogP contribution >= 0.6 is 11.3 Å². The molecule has 1 atom stereocenters. The molecule has 160 valence electrons. The number of thiazole rings is 1. The molecule has 7 heteroatoms. The number of ether oxygens (including phenoxy) is 1. The number of imidazole rings is 1. The van der Waals surface area contributed by atoms with Gasteiger partial charge in [0.05, 0.1) is 11.5 Å². The van der Waals surface area contributed by atoms with Gasteiger partial charge in [-0.05, 0) is 44.4 Å². The second kappa shape index (κ2) is 8.89. The highest BCUT2D eigenvalue weighted by molar-refractivity contribution is 7.18. The number of esters is 1. The topological polar surface area (TPSA) is 68.5 Å². The van der Waals surface area contributed by atoms with Crippen LogP contribution in [-0.2, 0) is 4.74 Å². The average molecular weight is 435 g/mol. The molecule has 3 aromatic heterocycles. The van der Waals surface area contributed by atoms with Crippen LogP contribution in [-0.4, -0.2) is 33.0 Å². The van der Waals surface area contributed by atoms with Gasteiger partial charge in [0.15, 0.2) is 10.8 Å². The van der Waals surface area contributed by atoms with Crippen LogP contribution in [0.4, 0.5) is 5.13 Å². The molecule has 1 aromatic carbocycles. The number of hydrogen-bond donors (Lipinski definition) is 1. The standard InChI is InChI=1S/C24H26N4O2S/c1-5-16(4)26-24-25-12-21(31-24)17-11-19(18-10-8-7-9-15(18)3)22-27-20(14-28(22)13-17)23(29)30-6-2/h7-14,16H,5-6H2,1-4H3,(H,25,26)/t16-/m1/s1. The van der Waals surface area contributed by atoms with E-state index in [1.807, 2.05) is 28.9 Å². The maximum atomic E-state index is 12.3. The van der Waals surface area contributed by atoms with Gasteiger partial charge >= 0.3 is 5.97 Å². The van der Waals surface area contributed by atoms with Gasteiger partial charge in [0.25, 0.3) is 0 Å². The van der Waals surface area contributed by atoms with Gasteiger partial charge in [-0.1, -0.05) is 42.5 Å². The van der Waals surface area contributed by atoms with E-state index in [-0.39, 0.29) is 0 Å². The quantitative estimate of drug-likeness (QED) is 0.371. The summed E-state index contributed by atoms with van der Waals surface area (Å²) in [7, 11) is 0. The zero-order valence-corrected chi connectivity index (χ0v) is 19.0. The molecule has 0 amide bonds. The summed E-state index contributed by atoms with van der Waals surface area (Å²) in [4.78, 5) is 22.5. The van der Waals surface area contributed by atoms with Crippen molar-refractivity contribution in [1.29, 1.82) is 0 Å². The minimum absolute atomic E-state index is 0.303. The predicted octanol–water partition coefficient (Wildman–Crippen LogP) is 5.82. The molecule has 1 N–H and O–H groups in total. The van der Waals surface area contributed by atoms with Gasteiger partial charge < -0.3 is 14.5 Å². The lowest BCUT2D eigenvalue weighted by atomic mass is 10.00. The van der Waals surface area contributed by atoms with Crippen molar-refractivity contribution in [3.63, 3.8) is 0 Å². The smallest absolute Gasteiger partial charge is 0.358 e. The third-order valence-electron chi connectivity index (χ3n) is 5.24. The summed E-state index contributed by atoms with van der Waals surface area (Å²) in [6.07, 6.45) is 6.65. The number of hydrogen-bond acceptors (Lipinski definition) is 6. The minimum atomic E-state index is -0.415. The van der Waals surface area contributed by atoms with Gasteiger partial charge in [-0.2, -0.15) is 0 Å². The SMILES string of the molecule is CCOC(=O)c1cn2cc(-c3cnc(N[C@H](C)CC)s3)cc(-c3ccccc3C)c2n1. The molecule has 0 saturated carbocycles. The fraction of sp³-hybridized carbons (Fsp3) is 0.292. The number of fused-ring (bicyclic) bond motifs is 1. The summed E-state index contributed by atoms with van der Waals surface area (Å²) in [5.74, 6) is -0.415. The van der Waals surface area contributed by atoms with Crippen molar-refractivity contribution in [2.75, 3.05) is 11.9 Å². The summed E-state index contributed by atoms with van der Waals surface area (Å²) in [6, 6.07) is 10.7. The molecule has 0 aliphatic heterocycles. The maximum absolute atomic E-state index is 12.3. The number of nitrogens with zero attached hydrogens (tertiary/aromatic N) is 3. The monoisotopic (exact) mass is 434 g/mol. The van der Waals surface area contributed by atoms with Crippen molar-refractivity contribution in [1.82, 2.24) is 14.4 Å². The molecule has 3 heterocycles. The Kier molecular flexibility index (Phi) is 6.04. The number of nitrogens with one attached hydrogen (secondary N) is 1. The Labute approximate surface area is 185 Å². The Bertz CT molecular complexity index is 1230. The minimum Gasteiger partial charge on any atom is -0.461 e. The molecule has 0 aliphatic carbocycles. The van der Waals surface area contributed by atoms with Crippen molar-refractivity contribution in [3.05, 3.63) is 60.2 Å². The molecule has 0 spiro atoms. The molecule has 4 rings (SSSR count). The van der Waals surface area contributed by atoms with E-state index in [9.17, 15) is 4.79 Å². The van der Waals surface area contributed by atoms with Crippen LogP contribution in [0, 0.1) is 6.92 Å². The molecule has 0 unspecified atom stereocenters. The Balaban J connectivity index is 1.85. The van der Waals surface area contributed by atoms with Gasteiger partial charge in [0.2, 0.25) is 0 Å². The number of aromatic nitrogens is 3. The maximum Gasteiger partial charge on any atom is 0.358 e. The summed E-state index contributed by atoms with van der Waals surface area (Å²) in [5.41, 5.74) is 5.24. The fourth-order valence-electron chi connectivity index (χ4n) is 3.40. The largest absolute Gasteiger partial charge is 0.461 e. The molecule has 0 fully saturated rings. The summed E-state index contributed by atoms with van der Waals surface area (Å²) < 4.78 is 7.07. The van der Waals surface area contributed by atoms with E-state index in [0.29, 0.717) is 18.3 Å². The lowest BCUT2D eigenvalue weighted by Crippen LogP contribution is -2.12.